The maximum absolute atomic E-state index is 15.4. The van der Waals surface area contributed by atoms with E-state index in [1.54, 1.807) is 24.3 Å². The highest BCUT2D eigenvalue weighted by Crippen LogP contribution is 2.42. The lowest BCUT2D eigenvalue weighted by Gasteiger charge is -2.35. The number of halogens is 4. The van der Waals surface area contributed by atoms with Crippen molar-refractivity contribution in [3.05, 3.63) is 114 Å². The lowest BCUT2D eigenvalue weighted by molar-refractivity contribution is -0.141. The standard InChI is InChI=1S/C49H50F4N8O5S/c1-47(2,3)42(44(63)59-23-11-14-38(59)43-56-28-36(57-43)30-12-7-6-8-13-30)58-39(62)29-65-24-9-10-25-66-34-19-15-31(16-20-34)35-21-18-33(27-55-35)61-46(67)60(45(64)48(61,4)5)37-22-17-32(26-54)40(41(37)50)49(51,52)53/h6-8,12-13,15-22,27-28,38,42H,9-11,14,23-25,29H2,1-5H3,(H,56,57)(H,58,62)/t38?,42-/m1/s1. The Bertz CT molecular complexity index is 2660. The largest absolute Gasteiger partial charge is 0.494 e. The van der Waals surface area contributed by atoms with E-state index < -0.39 is 51.7 Å². The number of nitriles is 1. The number of unbranched alkanes of at least 4 members (excludes halogenated alkanes) is 1. The lowest BCUT2D eigenvalue weighted by Crippen LogP contribution is -2.55. The van der Waals surface area contributed by atoms with Crippen LogP contribution in [0.3, 0.4) is 0 Å². The van der Waals surface area contributed by atoms with Gasteiger partial charge in [0.25, 0.3) is 5.91 Å². The molecule has 350 valence electrons. The van der Waals surface area contributed by atoms with Crippen LogP contribution in [0.25, 0.3) is 22.5 Å². The van der Waals surface area contributed by atoms with Crippen LogP contribution in [0.5, 0.6) is 5.75 Å². The topological polar surface area (TPSA) is 157 Å². The molecule has 1 unspecified atom stereocenters. The number of anilines is 2. The number of imidazole rings is 1. The lowest BCUT2D eigenvalue weighted by atomic mass is 9.85. The Balaban J connectivity index is 0.863. The molecule has 4 heterocycles. The molecule has 67 heavy (non-hydrogen) atoms. The third kappa shape index (κ3) is 10.3. The summed E-state index contributed by atoms with van der Waals surface area (Å²) in [4.78, 5) is 57.2. The summed E-state index contributed by atoms with van der Waals surface area (Å²) in [6.45, 7) is 9.88. The van der Waals surface area contributed by atoms with Crippen molar-refractivity contribution in [1.82, 2.24) is 25.2 Å². The maximum Gasteiger partial charge on any atom is 0.420 e. The van der Waals surface area contributed by atoms with Gasteiger partial charge in [0.05, 0.1) is 53.2 Å². The van der Waals surface area contributed by atoms with Gasteiger partial charge in [0, 0.05) is 30.5 Å². The van der Waals surface area contributed by atoms with E-state index in [2.05, 4.69) is 15.3 Å². The number of likely N-dealkylation sites (tertiary alicyclic amines) is 1. The third-order valence-electron chi connectivity index (χ3n) is 11.7. The first-order chi connectivity index (χ1) is 31.8. The molecule has 0 aliphatic carbocycles. The third-order valence-corrected chi connectivity index (χ3v) is 12.1. The highest BCUT2D eigenvalue weighted by Gasteiger charge is 2.52. The molecule has 2 aliphatic rings. The van der Waals surface area contributed by atoms with Crippen LogP contribution in [0.1, 0.15) is 83.3 Å². The summed E-state index contributed by atoms with van der Waals surface area (Å²) in [5, 5.41) is 11.9. The summed E-state index contributed by atoms with van der Waals surface area (Å²) in [5.74, 6) is -1.72. The molecule has 2 fully saturated rings. The van der Waals surface area contributed by atoms with Gasteiger partial charge in [0.2, 0.25) is 11.8 Å². The molecule has 0 saturated carbocycles. The van der Waals surface area contributed by atoms with Crippen LogP contribution >= 0.6 is 12.2 Å². The molecule has 13 nitrogen and oxygen atoms in total. The number of ether oxygens (including phenoxy) is 2. The smallest absolute Gasteiger partial charge is 0.420 e. The predicted molar refractivity (Wildman–Crippen MR) is 247 cm³/mol. The number of nitrogens with one attached hydrogen (secondary N) is 2. The molecule has 5 aromatic rings. The molecule has 2 atom stereocenters. The molecule has 2 saturated heterocycles. The predicted octanol–water partition coefficient (Wildman–Crippen LogP) is 9.16. The van der Waals surface area contributed by atoms with Crippen LogP contribution in [0.4, 0.5) is 28.9 Å². The monoisotopic (exact) mass is 938 g/mol. The number of rotatable bonds is 15. The summed E-state index contributed by atoms with van der Waals surface area (Å²) in [6, 6.07) is 22.5. The molecule has 0 spiro atoms. The Morgan fingerprint density at radius 1 is 0.985 bits per heavy atom. The number of benzene rings is 3. The molecule has 18 heteroatoms. The van der Waals surface area contributed by atoms with Crippen molar-refractivity contribution in [2.75, 3.05) is 36.2 Å². The zero-order valence-electron chi connectivity index (χ0n) is 37.6. The highest BCUT2D eigenvalue weighted by atomic mass is 32.1. The fourth-order valence-electron chi connectivity index (χ4n) is 8.22. The van der Waals surface area contributed by atoms with Crippen molar-refractivity contribution in [1.29, 1.82) is 5.26 Å². The first-order valence-electron chi connectivity index (χ1n) is 21.8. The van der Waals surface area contributed by atoms with Crippen molar-refractivity contribution in [2.24, 2.45) is 5.41 Å². The van der Waals surface area contributed by atoms with Crippen LogP contribution in [-0.2, 0) is 25.3 Å². The average molecular weight is 939 g/mol. The quantitative estimate of drug-likeness (QED) is 0.0590. The number of alkyl halides is 3. The number of carbonyl (C=O) groups excluding carboxylic acids is 3. The van der Waals surface area contributed by atoms with E-state index in [-0.39, 0.29) is 29.6 Å². The van der Waals surface area contributed by atoms with E-state index in [9.17, 15) is 32.8 Å². The van der Waals surface area contributed by atoms with Crippen molar-refractivity contribution < 1.29 is 41.4 Å². The van der Waals surface area contributed by atoms with Gasteiger partial charge in [-0.3, -0.25) is 24.3 Å². The van der Waals surface area contributed by atoms with E-state index in [0.29, 0.717) is 54.6 Å². The fourth-order valence-corrected chi connectivity index (χ4v) is 8.73. The van der Waals surface area contributed by atoms with Gasteiger partial charge in [-0.15, -0.1) is 0 Å². The summed E-state index contributed by atoms with van der Waals surface area (Å²) in [7, 11) is 0. The van der Waals surface area contributed by atoms with Crippen LogP contribution in [0.2, 0.25) is 0 Å². The summed E-state index contributed by atoms with van der Waals surface area (Å²) < 4.78 is 68.3. The van der Waals surface area contributed by atoms with Gasteiger partial charge in [-0.25, -0.2) is 9.37 Å². The molecule has 2 aliphatic heterocycles. The number of carbonyl (C=O) groups is 3. The summed E-state index contributed by atoms with van der Waals surface area (Å²) in [5.41, 5.74) is -1.92. The Labute approximate surface area is 391 Å². The van der Waals surface area contributed by atoms with Crippen molar-refractivity contribution in [3.63, 3.8) is 0 Å². The second kappa shape index (κ2) is 19.6. The number of amides is 3. The molecule has 3 aromatic carbocycles. The number of hydrogen-bond acceptors (Lipinski definition) is 9. The van der Waals surface area contributed by atoms with Gasteiger partial charge in [0.15, 0.2) is 10.9 Å². The first-order valence-corrected chi connectivity index (χ1v) is 22.2. The molecule has 7 rings (SSSR count). The van der Waals surface area contributed by atoms with Gasteiger partial charge in [-0.2, -0.15) is 18.4 Å². The van der Waals surface area contributed by atoms with Gasteiger partial charge >= 0.3 is 6.18 Å². The van der Waals surface area contributed by atoms with Crippen LogP contribution in [0.15, 0.2) is 91.3 Å². The molecular formula is C49H50F4N8O5S. The van der Waals surface area contributed by atoms with Gasteiger partial charge < -0.3 is 29.6 Å². The van der Waals surface area contributed by atoms with Crippen LogP contribution < -0.4 is 19.9 Å². The van der Waals surface area contributed by atoms with Gasteiger partial charge in [-0.05, 0) is 106 Å². The number of aromatic amines is 1. The normalized spacial score (nSPS) is 16.6. The Morgan fingerprint density at radius 2 is 1.69 bits per heavy atom. The van der Waals surface area contributed by atoms with E-state index in [1.807, 2.05) is 74.3 Å². The van der Waals surface area contributed by atoms with Crippen LogP contribution in [-0.4, -0.2) is 80.6 Å². The number of H-pyrrole nitrogens is 1. The van der Waals surface area contributed by atoms with E-state index in [1.165, 1.54) is 31.0 Å². The molecule has 3 amide bonds. The Kier molecular flexibility index (Phi) is 14.1. The molecule has 2 N–H and O–H groups in total. The summed E-state index contributed by atoms with van der Waals surface area (Å²) in [6.07, 6.45) is 1.01. The number of thiocarbonyl (C=S) groups is 1. The Hall–Kier alpha value is -6.71. The molecular weight excluding hydrogens is 889 g/mol. The van der Waals surface area contributed by atoms with E-state index in [4.69, 9.17) is 26.7 Å². The minimum atomic E-state index is -5.19. The second-order valence-electron chi connectivity index (χ2n) is 17.9. The fraction of sp³-hybridized carbons (Fsp3) is 0.367. The SMILES string of the molecule is CC(C)(C)[C@H](NC(=O)COCCCCOc1ccc(-c2ccc(N3C(=S)N(c4ccc(C#N)c(C(F)(F)F)c4F)C(=O)C3(C)C)cn2)cc1)C(=O)N1CCCC1c1nc(-c2ccccc2)c[nH]1. The average Bonchev–Trinajstić information content (AvgIpc) is 4.02. The number of aromatic nitrogens is 3. The van der Waals surface area contributed by atoms with E-state index >= 15 is 4.39 Å². The summed E-state index contributed by atoms with van der Waals surface area (Å²) >= 11 is 5.54. The van der Waals surface area contributed by atoms with Crippen LogP contribution in [0, 0.1) is 22.6 Å². The van der Waals surface area contributed by atoms with E-state index in [0.717, 1.165) is 47.6 Å². The highest BCUT2D eigenvalue weighted by molar-refractivity contribution is 7.81. The number of nitrogens with zero attached hydrogens (tertiary/aromatic N) is 6. The Morgan fingerprint density at radius 3 is 2.34 bits per heavy atom. The maximum atomic E-state index is 15.4. The first kappa shape index (κ1) is 48.2. The number of pyridine rings is 1. The van der Waals surface area contributed by atoms with Crippen molar-refractivity contribution in [3.8, 4) is 34.3 Å². The van der Waals surface area contributed by atoms with Crippen molar-refractivity contribution >= 4 is 46.4 Å². The number of hydrogen-bond donors (Lipinski definition) is 2. The molecule has 0 radical (unpaired) electrons. The molecule has 2 aromatic heterocycles. The van der Waals surface area contributed by atoms with Gasteiger partial charge in [0.1, 0.15) is 35.3 Å². The van der Waals surface area contributed by atoms with Crippen molar-refractivity contribution in [2.45, 2.75) is 84.1 Å². The minimum absolute atomic E-state index is 0.155. The zero-order chi connectivity index (χ0) is 48.3. The minimum Gasteiger partial charge on any atom is -0.494 e. The zero-order valence-corrected chi connectivity index (χ0v) is 38.4. The van der Waals surface area contributed by atoms with Gasteiger partial charge in [-0.1, -0.05) is 51.1 Å². The second-order valence-corrected chi connectivity index (χ2v) is 18.2. The molecule has 0 bridgehead atoms.